The Hall–Kier alpha value is -1.84. The SMILES string of the molecule is CCC1COC(Cn2c3ccccc3c3ccccc32)O1. The van der Waals surface area contributed by atoms with Crippen LogP contribution < -0.4 is 0 Å². The van der Waals surface area contributed by atoms with Crippen molar-refractivity contribution in [2.24, 2.45) is 0 Å². The van der Waals surface area contributed by atoms with E-state index in [1.165, 1.54) is 21.8 Å². The number of hydrogen-bond donors (Lipinski definition) is 0. The first-order valence-corrected chi connectivity index (χ1v) is 7.60. The first-order valence-electron chi connectivity index (χ1n) is 7.60. The van der Waals surface area contributed by atoms with E-state index in [1.54, 1.807) is 0 Å². The molecule has 0 N–H and O–H groups in total. The zero-order chi connectivity index (χ0) is 14.2. The van der Waals surface area contributed by atoms with E-state index in [9.17, 15) is 0 Å². The molecule has 3 aromatic rings. The highest BCUT2D eigenvalue weighted by molar-refractivity contribution is 6.07. The summed E-state index contributed by atoms with van der Waals surface area (Å²) in [6.45, 7) is 3.58. The average molecular weight is 281 g/mol. The van der Waals surface area contributed by atoms with Crippen molar-refractivity contribution in [2.75, 3.05) is 6.61 Å². The highest BCUT2D eigenvalue weighted by Gasteiger charge is 2.25. The molecule has 1 aromatic heterocycles. The predicted molar refractivity (Wildman–Crippen MR) is 84.3 cm³/mol. The lowest BCUT2D eigenvalue weighted by Crippen LogP contribution is -2.18. The van der Waals surface area contributed by atoms with Gasteiger partial charge in [0.1, 0.15) is 0 Å². The Bertz CT molecular complexity index is 724. The van der Waals surface area contributed by atoms with E-state index in [0.717, 1.165) is 13.0 Å². The van der Waals surface area contributed by atoms with Crippen molar-refractivity contribution in [2.45, 2.75) is 32.3 Å². The van der Waals surface area contributed by atoms with Crippen molar-refractivity contribution >= 4 is 21.8 Å². The molecule has 21 heavy (non-hydrogen) atoms. The third kappa shape index (κ3) is 2.13. The lowest BCUT2D eigenvalue weighted by atomic mass is 10.2. The first-order chi connectivity index (χ1) is 10.4. The minimum atomic E-state index is -0.144. The maximum absolute atomic E-state index is 5.94. The summed E-state index contributed by atoms with van der Waals surface area (Å²) in [6.07, 6.45) is 1.10. The average Bonchev–Trinajstić information content (AvgIpc) is 3.12. The fourth-order valence-electron chi connectivity index (χ4n) is 3.17. The van der Waals surface area contributed by atoms with E-state index in [4.69, 9.17) is 9.47 Å². The fraction of sp³-hybridized carbons (Fsp3) is 0.333. The molecular formula is C18H19NO2. The quantitative estimate of drug-likeness (QED) is 0.725. The molecular weight excluding hydrogens is 262 g/mol. The van der Waals surface area contributed by atoms with Gasteiger partial charge in [0.05, 0.1) is 19.3 Å². The zero-order valence-electron chi connectivity index (χ0n) is 12.2. The molecule has 3 heteroatoms. The summed E-state index contributed by atoms with van der Waals surface area (Å²) < 4.78 is 14.0. The minimum absolute atomic E-state index is 0.144. The van der Waals surface area contributed by atoms with E-state index in [0.29, 0.717) is 6.61 Å². The van der Waals surface area contributed by atoms with Crippen molar-refractivity contribution in [3.63, 3.8) is 0 Å². The third-order valence-corrected chi connectivity index (χ3v) is 4.28. The zero-order valence-corrected chi connectivity index (χ0v) is 12.2. The Morgan fingerprint density at radius 2 is 1.62 bits per heavy atom. The molecule has 0 bridgehead atoms. The number of rotatable bonds is 3. The molecule has 4 rings (SSSR count). The minimum Gasteiger partial charge on any atom is -0.348 e. The number of para-hydroxylation sites is 2. The van der Waals surface area contributed by atoms with E-state index >= 15 is 0 Å². The topological polar surface area (TPSA) is 23.4 Å². The summed E-state index contributed by atoms with van der Waals surface area (Å²) in [5, 5.41) is 2.58. The number of aromatic nitrogens is 1. The second kappa shape index (κ2) is 5.17. The van der Waals surface area contributed by atoms with Crippen LogP contribution in [0.3, 0.4) is 0 Å². The standard InChI is InChI=1S/C18H19NO2/c1-2-13-12-20-18(21-13)11-19-16-9-5-3-7-14(16)15-8-4-6-10-17(15)19/h3-10,13,18H,2,11-12H2,1H3. The number of nitrogens with zero attached hydrogens (tertiary/aromatic N) is 1. The first kappa shape index (κ1) is 12.9. The predicted octanol–water partition coefficient (Wildman–Crippen LogP) is 3.95. The van der Waals surface area contributed by atoms with Gasteiger partial charge in [-0.15, -0.1) is 0 Å². The third-order valence-electron chi connectivity index (χ3n) is 4.28. The largest absolute Gasteiger partial charge is 0.348 e. The summed E-state index contributed by atoms with van der Waals surface area (Å²) in [7, 11) is 0. The molecule has 0 saturated carbocycles. The van der Waals surface area contributed by atoms with Crippen LogP contribution in [0.1, 0.15) is 13.3 Å². The van der Waals surface area contributed by atoms with Crippen molar-refractivity contribution in [3.8, 4) is 0 Å². The number of ether oxygens (including phenoxy) is 2. The van der Waals surface area contributed by atoms with E-state index in [1.807, 2.05) is 0 Å². The van der Waals surface area contributed by atoms with Gasteiger partial charge in [-0.1, -0.05) is 43.3 Å². The lowest BCUT2D eigenvalue weighted by molar-refractivity contribution is -0.0663. The van der Waals surface area contributed by atoms with Crippen LogP contribution in [0.2, 0.25) is 0 Å². The second-order valence-electron chi connectivity index (χ2n) is 5.57. The molecule has 3 nitrogen and oxygen atoms in total. The van der Waals surface area contributed by atoms with Crippen molar-refractivity contribution in [3.05, 3.63) is 48.5 Å². The van der Waals surface area contributed by atoms with Gasteiger partial charge in [0.2, 0.25) is 0 Å². The normalized spacial score (nSPS) is 22.3. The Labute approximate surface area is 124 Å². The van der Waals surface area contributed by atoms with Crippen molar-refractivity contribution in [1.29, 1.82) is 0 Å². The molecule has 2 aromatic carbocycles. The molecule has 0 spiro atoms. The van der Waals surface area contributed by atoms with Crippen LogP contribution in [0.4, 0.5) is 0 Å². The molecule has 0 amide bonds. The van der Waals surface area contributed by atoms with Gasteiger partial charge in [0.25, 0.3) is 0 Å². The van der Waals surface area contributed by atoms with Gasteiger partial charge in [-0.05, 0) is 18.6 Å². The van der Waals surface area contributed by atoms with Gasteiger partial charge in [-0.2, -0.15) is 0 Å². The van der Waals surface area contributed by atoms with Crippen molar-refractivity contribution in [1.82, 2.24) is 4.57 Å². The second-order valence-corrected chi connectivity index (χ2v) is 5.57. The van der Waals surface area contributed by atoms with Gasteiger partial charge >= 0.3 is 0 Å². The maximum Gasteiger partial charge on any atom is 0.175 e. The highest BCUT2D eigenvalue weighted by atomic mass is 16.7. The van der Waals surface area contributed by atoms with Crippen LogP contribution >= 0.6 is 0 Å². The summed E-state index contributed by atoms with van der Waals surface area (Å²) >= 11 is 0. The Morgan fingerprint density at radius 1 is 1.00 bits per heavy atom. The summed E-state index contributed by atoms with van der Waals surface area (Å²) in [6, 6.07) is 17.1. The van der Waals surface area contributed by atoms with Gasteiger partial charge in [-0.25, -0.2) is 0 Å². The molecule has 1 fully saturated rings. The molecule has 1 aliphatic heterocycles. The number of hydrogen-bond acceptors (Lipinski definition) is 2. The van der Waals surface area contributed by atoms with Crippen LogP contribution in [0, 0.1) is 0 Å². The molecule has 0 radical (unpaired) electrons. The molecule has 2 heterocycles. The maximum atomic E-state index is 5.94. The van der Waals surface area contributed by atoms with Gasteiger partial charge in [0, 0.05) is 21.8 Å². The molecule has 1 aliphatic rings. The Balaban J connectivity index is 1.79. The molecule has 2 unspecified atom stereocenters. The van der Waals surface area contributed by atoms with Crippen LogP contribution in [0.25, 0.3) is 21.8 Å². The summed E-state index contributed by atoms with van der Waals surface area (Å²) in [5.41, 5.74) is 2.48. The monoisotopic (exact) mass is 281 g/mol. The molecule has 0 aliphatic carbocycles. The highest BCUT2D eigenvalue weighted by Crippen LogP contribution is 2.30. The summed E-state index contributed by atoms with van der Waals surface area (Å²) in [5.74, 6) is 0. The van der Waals surface area contributed by atoms with Crippen molar-refractivity contribution < 1.29 is 9.47 Å². The van der Waals surface area contributed by atoms with Gasteiger partial charge in [-0.3, -0.25) is 0 Å². The van der Waals surface area contributed by atoms with E-state index < -0.39 is 0 Å². The van der Waals surface area contributed by atoms with E-state index in [2.05, 4.69) is 60.0 Å². The molecule has 108 valence electrons. The van der Waals surface area contributed by atoms with Gasteiger partial charge < -0.3 is 14.0 Å². The Morgan fingerprint density at radius 3 is 2.19 bits per heavy atom. The van der Waals surface area contributed by atoms with Crippen LogP contribution in [0.5, 0.6) is 0 Å². The molecule has 2 atom stereocenters. The number of benzene rings is 2. The fourth-order valence-corrected chi connectivity index (χ4v) is 3.17. The Kier molecular flexibility index (Phi) is 3.17. The van der Waals surface area contributed by atoms with Crippen LogP contribution in [0.15, 0.2) is 48.5 Å². The summed E-state index contributed by atoms with van der Waals surface area (Å²) in [4.78, 5) is 0. The smallest absolute Gasteiger partial charge is 0.175 e. The number of fused-ring (bicyclic) bond motifs is 3. The molecule has 1 saturated heterocycles. The van der Waals surface area contributed by atoms with Crippen LogP contribution in [-0.2, 0) is 16.0 Å². The van der Waals surface area contributed by atoms with E-state index in [-0.39, 0.29) is 12.4 Å². The van der Waals surface area contributed by atoms with Crippen LogP contribution in [-0.4, -0.2) is 23.6 Å². The van der Waals surface area contributed by atoms with Gasteiger partial charge in [0.15, 0.2) is 6.29 Å². The lowest BCUT2D eigenvalue weighted by Gasteiger charge is -2.13.